The summed E-state index contributed by atoms with van der Waals surface area (Å²) in [5.41, 5.74) is 9.21. The Balaban J connectivity index is 1.66. The molecule has 0 aliphatic heterocycles. The van der Waals surface area contributed by atoms with Crippen molar-refractivity contribution in [1.29, 1.82) is 0 Å². The number of anilines is 2. The fourth-order valence-electron chi connectivity index (χ4n) is 2.17. The molecule has 2 aromatic carbocycles. The fraction of sp³-hybridized carbons (Fsp3) is 0.294. The number of rotatable bonds is 7. The summed E-state index contributed by atoms with van der Waals surface area (Å²) in [7, 11) is 2.13. The van der Waals surface area contributed by atoms with E-state index in [-0.39, 0.29) is 0 Å². The van der Waals surface area contributed by atoms with E-state index in [0.717, 1.165) is 31.7 Å². The molecule has 2 rings (SSSR count). The standard InChI is InChI=1S/C17H23N3/c1-20(16-9-3-2-4-10-16)13-7-12-19-14-15-8-5-6-11-17(15)18/h2-6,8-11,19H,7,12-14,18H2,1H3. The van der Waals surface area contributed by atoms with Crippen molar-refractivity contribution in [3.05, 3.63) is 60.2 Å². The van der Waals surface area contributed by atoms with Gasteiger partial charge in [0.15, 0.2) is 0 Å². The maximum atomic E-state index is 5.91. The Labute approximate surface area is 121 Å². The summed E-state index contributed by atoms with van der Waals surface area (Å²) < 4.78 is 0. The lowest BCUT2D eigenvalue weighted by atomic mass is 10.2. The second-order valence-corrected chi connectivity index (χ2v) is 4.99. The van der Waals surface area contributed by atoms with Crippen LogP contribution in [-0.2, 0) is 6.54 Å². The van der Waals surface area contributed by atoms with Crippen molar-refractivity contribution in [2.24, 2.45) is 0 Å². The predicted molar refractivity (Wildman–Crippen MR) is 86.9 cm³/mol. The summed E-state index contributed by atoms with van der Waals surface area (Å²) in [6.45, 7) is 2.87. The molecule has 0 unspecified atom stereocenters. The van der Waals surface area contributed by atoms with Crippen LogP contribution in [0.15, 0.2) is 54.6 Å². The number of para-hydroxylation sites is 2. The number of hydrogen-bond acceptors (Lipinski definition) is 3. The second kappa shape index (κ2) is 7.56. The summed E-state index contributed by atoms with van der Waals surface area (Å²) in [5, 5.41) is 3.44. The molecule has 0 atom stereocenters. The van der Waals surface area contributed by atoms with Crippen LogP contribution >= 0.6 is 0 Å². The zero-order valence-electron chi connectivity index (χ0n) is 12.0. The molecule has 0 fully saturated rings. The molecule has 2 aromatic rings. The van der Waals surface area contributed by atoms with Gasteiger partial charge in [-0.15, -0.1) is 0 Å². The minimum absolute atomic E-state index is 0.835. The average molecular weight is 269 g/mol. The third-order valence-electron chi connectivity index (χ3n) is 3.41. The Morgan fingerprint density at radius 1 is 1.00 bits per heavy atom. The van der Waals surface area contributed by atoms with E-state index in [4.69, 9.17) is 5.73 Å². The van der Waals surface area contributed by atoms with Crippen molar-refractivity contribution in [2.75, 3.05) is 30.8 Å². The van der Waals surface area contributed by atoms with Crippen LogP contribution in [0.3, 0.4) is 0 Å². The van der Waals surface area contributed by atoms with Gasteiger partial charge >= 0.3 is 0 Å². The van der Waals surface area contributed by atoms with Crippen LogP contribution in [0.4, 0.5) is 11.4 Å². The summed E-state index contributed by atoms with van der Waals surface area (Å²) in [5.74, 6) is 0. The predicted octanol–water partition coefficient (Wildman–Crippen LogP) is 2.88. The van der Waals surface area contributed by atoms with Gasteiger partial charge in [-0.2, -0.15) is 0 Å². The monoisotopic (exact) mass is 269 g/mol. The Bertz CT molecular complexity index is 511. The van der Waals surface area contributed by atoms with Crippen molar-refractivity contribution in [3.63, 3.8) is 0 Å². The van der Waals surface area contributed by atoms with Gasteiger partial charge in [-0.1, -0.05) is 36.4 Å². The molecule has 3 nitrogen and oxygen atoms in total. The quantitative estimate of drug-likeness (QED) is 0.600. The highest BCUT2D eigenvalue weighted by atomic mass is 15.1. The Morgan fingerprint density at radius 3 is 2.45 bits per heavy atom. The van der Waals surface area contributed by atoms with Gasteiger partial charge in [-0.25, -0.2) is 0 Å². The summed E-state index contributed by atoms with van der Waals surface area (Å²) >= 11 is 0. The van der Waals surface area contributed by atoms with Crippen LogP contribution in [0, 0.1) is 0 Å². The maximum absolute atomic E-state index is 5.91. The van der Waals surface area contributed by atoms with E-state index in [1.807, 2.05) is 24.3 Å². The third-order valence-corrected chi connectivity index (χ3v) is 3.41. The number of nitrogens with two attached hydrogens (primary N) is 1. The van der Waals surface area contributed by atoms with Crippen molar-refractivity contribution in [3.8, 4) is 0 Å². The van der Waals surface area contributed by atoms with E-state index in [9.17, 15) is 0 Å². The lowest BCUT2D eigenvalue weighted by molar-refractivity contribution is 0.646. The first-order valence-electron chi connectivity index (χ1n) is 7.07. The molecule has 0 aromatic heterocycles. The van der Waals surface area contributed by atoms with Crippen LogP contribution in [0.1, 0.15) is 12.0 Å². The molecular formula is C17H23N3. The van der Waals surface area contributed by atoms with Crippen molar-refractivity contribution in [1.82, 2.24) is 5.32 Å². The average Bonchev–Trinajstić information content (AvgIpc) is 2.49. The SMILES string of the molecule is CN(CCCNCc1ccccc1N)c1ccccc1. The Morgan fingerprint density at radius 2 is 1.70 bits per heavy atom. The number of nitrogens with zero attached hydrogens (tertiary/aromatic N) is 1. The largest absolute Gasteiger partial charge is 0.398 e. The van der Waals surface area contributed by atoms with Crippen LogP contribution < -0.4 is 16.0 Å². The molecule has 20 heavy (non-hydrogen) atoms. The van der Waals surface area contributed by atoms with E-state index in [1.54, 1.807) is 0 Å². The Hall–Kier alpha value is -2.00. The van der Waals surface area contributed by atoms with Crippen molar-refractivity contribution >= 4 is 11.4 Å². The minimum Gasteiger partial charge on any atom is -0.398 e. The molecule has 0 aliphatic rings. The highest BCUT2D eigenvalue weighted by Gasteiger charge is 2.00. The van der Waals surface area contributed by atoms with E-state index >= 15 is 0 Å². The normalized spacial score (nSPS) is 10.4. The summed E-state index contributed by atoms with van der Waals surface area (Å²) in [6, 6.07) is 18.5. The number of benzene rings is 2. The Kier molecular flexibility index (Phi) is 5.44. The lowest BCUT2D eigenvalue weighted by Gasteiger charge is -2.19. The van der Waals surface area contributed by atoms with Gasteiger partial charge in [0.1, 0.15) is 0 Å². The molecule has 0 heterocycles. The van der Waals surface area contributed by atoms with Crippen molar-refractivity contribution < 1.29 is 0 Å². The maximum Gasteiger partial charge on any atom is 0.0363 e. The summed E-state index contributed by atoms with van der Waals surface area (Å²) in [6.07, 6.45) is 1.11. The van der Waals surface area contributed by atoms with Crippen LogP contribution in [0.25, 0.3) is 0 Å². The van der Waals surface area contributed by atoms with Gasteiger partial charge in [-0.05, 0) is 36.7 Å². The molecule has 0 saturated carbocycles. The number of nitrogens with one attached hydrogen (secondary N) is 1. The zero-order chi connectivity index (χ0) is 14.2. The first kappa shape index (κ1) is 14.4. The molecule has 0 bridgehead atoms. The minimum atomic E-state index is 0.835. The van der Waals surface area contributed by atoms with E-state index in [1.165, 1.54) is 11.3 Å². The van der Waals surface area contributed by atoms with Crippen LogP contribution in [0.2, 0.25) is 0 Å². The highest BCUT2D eigenvalue weighted by Crippen LogP contribution is 2.11. The molecule has 0 radical (unpaired) electrons. The molecular weight excluding hydrogens is 246 g/mol. The third kappa shape index (κ3) is 4.28. The van der Waals surface area contributed by atoms with Gasteiger partial charge in [0.2, 0.25) is 0 Å². The van der Waals surface area contributed by atoms with Crippen molar-refractivity contribution in [2.45, 2.75) is 13.0 Å². The fourth-order valence-corrected chi connectivity index (χ4v) is 2.17. The first-order chi connectivity index (χ1) is 9.77. The van der Waals surface area contributed by atoms with Gasteiger partial charge in [0, 0.05) is 31.5 Å². The summed E-state index contributed by atoms with van der Waals surface area (Å²) in [4.78, 5) is 2.28. The topological polar surface area (TPSA) is 41.3 Å². The van der Waals surface area contributed by atoms with Gasteiger partial charge < -0.3 is 16.0 Å². The highest BCUT2D eigenvalue weighted by molar-refractivity contribution is 5.46. The molecule has 0 saturated heterocycles. The van der Waals surface area contributed by atoms with E-state index in [0.29, 0.717) is 0 Å². The molecule has 0 spiro atoms. The van der Waals surface area contributed by atoms with Gasteiger partial charge in [-0.3, -0.25) is 0 Å². The van der Waals surface area contributed by atoms with Crippen LogP contribution in [-0.4, -0.2) is 20.1 Å². The number of nitrogen functional groups attached to an aromatic ring is 1. The van der Waals surface area contributed by atoms with E-state index < -0.39 is 0 Å². The zero-order valence-corrected chi connectivity index (χ0v) is 12.0. The molecule has 3 heteroatoms. The molecule has 0 aliphatic carbocycles. The van der Waals surface area contributed by atoms with Crippen LogP contribution in [0.5, 0.6) is 0 Å². The molecule has 0 amide bonds. The first-order valence-corrected chi connectivity index (χ1v) is 7.07. The lowest BCUT2D eigenvalue weighted by Crippen LogP contribution is -2.23. The van der Waals surface area contributed by atoms with Gasteiger partial charge in [0.05, 0.1) is 0 Å². The van der Waals surface area contributed by atoms with E-state index in [2.05, 4.69) is 47.6 Å². The van der Waals surface area contributed by atoms with Gasteiger partial charge in [0.25, 0.3) is 0 Å². The second-order valence-electron chi connectivity index (χ2n) is 4.99. The smallest absolute Gasteiger partial charge is 0.0363 e. The molecule has 106 valence electrons. The number of hydrogen-bond donors (Lipinski definition) is 2. The molecule has 3 N–H and O–H groups in total.